The summed E-state index contributed by atoms with van der Waals surface area (Å²) in [4.78, 5) is 0.955. The molecule has 1 atom stereocenters. The highest BCUT2D eigenvalue weighted by molar-refractivity contribution is 7.99. The third-order valence-corrected chi connectivity index (χ3v) is 3.36. The fourth-order valence-corrected chi connectivity index (χ4v) is 2.59. The SMILES string of the molecule is Fc1cccc(SC2CCCCO2)c1. The van der Waals surface area contributed by atoms with Crippen molar-refractivity contribution in [3.63, 3.8) is 0 Å². The lowest BCUT2D eigenvalue weighted by molar-refractivity contribution is 0.0728. The molecule has 1 saturated heterocycles. The lowest BCUT2D eigenvalue weighted by Gasteiger charge is -2.21. The number of rotatable bonds is 2. The number of thioether (sulfide) groups is 1. The van der Waals surface area contributed by atoms with Crippen molar-refractivity contribution in [2.45, 2.75) is 29.6 Å². The van der Waals surface area contributed by atoms with Gasteiger partial charge in [-0.2, -0.15) is 0 Å². The topological polar surface area (TPSA) is 9.23 Å². The van der Waals surface area contributed by atoms with Gasteiger partial charge < -0.3 is 4.74 Å². The van der Waals surface area contributed by atoms with Gasteiger partial charge in [0.1, 0.15) is 11.3 Å². The lowest BCUT2D eigenvalue weighted by Crippen LogP contribution is -2.14. The quantitative estimate of drug-likeness (QED) is 0.742. The molecule has 1 aliphatic heterocycles. The summed E-state index contributed by atoms with van der Waals surface area (Å²) >= 11 is 1.62. The summed E-state index contributed by atoms with van der Waals surface area (Å²) in [6.07, 6.45) is 3.44. The molecule has 76 valence electrons. The summed E-state index contributed by atoms with van der Waals surface area (Å²) in [5.41, 5.74) is 0.213. The van der Waals surface area contributed by atoms with Gasteiger partial charge in [-0.25, -0.2) is 4.39 Å². The van der Waals surface area contributed by atoms with Crippen LogP contribution in [0.1, 0.15) is 19.3 Å². The van der Waals surface area contributed by atoms with E-state index in [2.05, 4.69) is 0 Å². The van der Waals surface area contributed by atoms with Crippen LogP contribution < -0.4 is 0 Å². The number of benzene rings is 1. The van der Waals surface area contributed by atoms with Crippen LogP contribution in [0.2, 0.25) is 0 Å². The highest BCUT2D eigenvalue weighted by Crippen LogP contribution is 2.30. The Morgan fingerprint density at radius 2 is 2.29 bits per heavy atom. The van der Waals surface area contributed by atoms with E-state index in [0.29, 0.717) is 0 Å². The molecule has 1 heterocycles. The standard InChI is InChI=1S/C11H13FOS/c12-9-4-3-5-10(8-9)14-11-6-1-2-7-13-11/h3-5,8,11H,1-2,6-7H2. The molecule has 0 saturated carbocycles. The maximum atomic E-state index is 12.9. The van der Waals surface area contributed by atoms with Crippen molar-refractivity contribution >= 4 is 11.8 Å². The van der Waals surface area contributed by atoms with Crippen LogP contribution in [-0.4, -0.2) is 12.0 Å². The van der Waals surface area contributed by atoms with Crippen molar-refractivity contribution < 1.29 is 9.13 Å². The van der Waals surface area contributed by atoms with Crippen LogP contribution >= 0.6 is 11.8 Å². The Bertz CT molecular complexity index is 297. The van der Waals surface area contributed by atoms with Gasteiger partial charge in [0.05, 0.1) is 0 Å². The van der Waals surface area contributed by atoms with E-state index >= 15 is 0 Å². The van der Waals surface area contributed by atoms with E-state index in [1.807, 2.05) is 6.07 Å². The van der Waals surface area contributed by atoms with Crippen LogP contribution in [0.25, 0.3) is 0 Å². The second kappa shape index (κ2) is 4.80. The second-order valence-corrected chi connectivity index (χ2v) is 4.60. The van der Waals surface area contributed by atoms with E-state index in [1.54, 1.807) is 23.9 Å². The summed E-state index contributed by atoms with van der Waals surface area (Å²) in [5, 5.41) is 0. The number of hydrogen-bond donors (Lipinski definition) is 0. The molecule has 0 aromatic heterocycles. The first-order chi connectivity index (χ1) is 6.84. The molecule has 0 bridgehead atoms. The molecule has 14 heavy (non-hydrogen) atoms. The highest BCUT2D eigenvalue weighted by atomic mass is 32.2. The molecule has 0 N–H and O–H groups in total. The lowest BCUT2D eigenvalue weighted by atomic mass is 10.2. The third-order valence-electron chi connectivity index (χ3n) is 2.20. The first-order valence-electron chi connectivity index (χ1n) is 4.88. The average molecular weight is 212 g/mol. The highest BCUT2D eigenvalue weighted by Gasteiger charge is 2.14. The summed E-state index contributed by atoms with van der Waals surface area (Å²) in [5.74, 6) is -0.175. The zero-order valence-corrected chi connectivity index (χ0v) is 8.73. The maximum Gasteiger partial charge on any atom is 0.124 e. The van der Waals surface area contributed by atoms with Gasteiger partial charge in [0, 0.05) is 11.5 Å². The Labute approximate surface area is 87.7 Å². The van der Waals surface area contributed by atoms with Crippen LogP contribution in [0.3, 0.4) is 0 Å². The molecule has 1 fully saturated rings. The Balaban J connectivity index is 1.95. The molecule has 1 unspecified atom stereocenters. The van der Waals surface area contributed by atoms with Gasteiger partial charge in [-0.3, -0.25) is 0 Å². The van der Waals surface area contributed by atoms with Gasteiger partial charge in [0.2, 0.25) is 0 Å². The van der Waals surface area contributed by atoms with Crippen LogP contribution in [-0.2, 0) is 4.74 Å². The average Bonchev–Trinajstić information content (AvgIpc) is 2.19. The van der Waals surface area contributed by atoms with Gasteiger partial charge in [0.15, 0.2) is 0 Å². The summed E-state index contributed by atoms with van der Waals surface area (Å²) in [6.45, 7) is 0.840. The van der Waals surface area contributed by atoms with E-state index in [1.165, 1.54) is 12.5 Å². The molecule has 1 nitrogen and oxygen atoms in total. The van der Waals surface area contributed by atoms with Crippen LogP contribution in [0, 0.1) is 5.82 Å². The molecule has 0 aliphatic carbocycles. The van der Waals surface area contributed by atoms with Crippen LogP contribution in [0.5, 0.6) is 0 Å². The second-order valence-electron chi connectivity index (χ2n) is 3.37. The van der Waals surface area contributed by atoms with Gasteiger partial charge in [-0.05, 0) is 37.5 Å². The minimum Gasteiger partial charge on any atom is -0.367 e. The van der Waals surface area contributed by atoms with Crippen LogP contribution in [0.4, 0.5) is 4.39 Å². The molecule has 1 aromatic rings. The van der Waals surface area contributed by atoms with Gasteiger partial charge in [-0.1, -0.05) is 17.8 Å². The van der Waals surface area contributed by atoms with E-state index in [0.717, 1.165) is 24.3 Å². The first kappa shape index (κ1) is 9.99. The maximum absolute atomic E-state index is 12.9. The van der Waals surface area contributed by atoms with E-state index in [4.69, 9.17) is 4.74 Å². The summed E-state index contributed by atoms with van der Waals surface area (Å²) in [6, 6.07) is 6.68. The van der Waals surface area contributed by atoms with Crippen molar-refractivity contribution in [1.29, 1.82) is 0 Å². The molecule has 3 heteroatoms. The summed E-state index contributed by atoms with van der Waals surface area (Å²) in [7, 11) is 0. The zero-order chi connectivity index (χ0) is 9.80. The van der Waals surface area contributed by atoms with E-state index in [-0.39, 0.29) is 11.3 Å². The van der Waals surface area contributed by atoms with Crippen molar-refractivity contribution in [2.24, 2.45) is 0 Å². The summed E-state index contributed by atoms with van der Waals surface area (Å²) < 4.78 is 18.4. The monoisotopic (exact) mass is 212 g/mol. The molecule has 0 spiro atoms. The molecular formula is C11H13FOS. The fraction of sp³-hybridized carbons (Fsp3) is 0.455. The molecule has 0 radical (unpaired) electrons. The smallest absolute Gasteiger partial charge is 0.124 e. The van der Waals surface area contributed by atoms with Crippen molar-refractivity contribution in [3.8, 4) is 0 Å². The fourth-order valence-electron chi connectivity index (χ4n) is 1.50. The van der Waals surface area contributed by atoms with Crippen molar-refractivity contribution in [2.75, 3.05) is 6.61 Å². The Morgan fingerprint density at radius 1 is 1.36 bits per heavy atom. The predicted molar refractivity (Wildman–Crippen MR) is 55.8 cm³/mol. The van der Waals surface area contributed by atoms with E-state index in [9.17, 15) is 4.39 Å². The number of ether oxygens (including phenoxy) is 1. The molecule has 1 aromatic carbocycles. The largest absolute Gasteiger partial charge is 0.367 e. The number of hydrogen-bond acceptors (Lipinski definition) is 2. The Hall–Kier alpha value is -0.540. The minimum absolute atomic E-state index is 0.175. The first-order valence-corrected chi connectivity index (χ1v) is 5.76. The van der Waals surface area contributed by atoms with Crippen molar-refractivity contribution in [1.82, 2.24) is 0 Å². The normalized spacial score (nSPS) is 22.2. The molecular weight excluding hydrogens is 199 g/mol. The zero-order valence-electron chi connectivity index (χ0n) is 7.91. The van der Waals surface area contributed by atoms with Gasteiger partial charge in [-0.15, -0.1) is 0 Å². The van der Waals surface area contributed by atoms with Gasteiger partial charge >= 0.3 is 0 Å². The number of halogens is 1. The minimum atomic E-state index is -0.175. The molecule has 2 rings (SSSR count). The Kier molecular flexibility index (Phi) is 3.43. The van der Waals surface area contributed by atoms with Crippen LogP contribution in [0.15, 0.2) is 29.2 Å². The Morgan fingerprint density at radius 3 is 3.00 bits per heavy atom. The predicted octanol–water partition coefficient (Wildman–Crippen LogP) is 3.44. The molecule has 0 amide bonds. The van der Waals surface area contributed by atoms with E-state index < -0.39 is 0 Å². The third kappa shape index (κ3) is 2.72. The van der Waals surface area contributed by atoms with Gasteiger partial charge in [0.25, 0.3) is 0 Å². The molecule has 1 aliphatic rings. The van der Waals surface area contributed by atoms with Crippen molar-refractivity contribution in [3.05, 3.63) is 30.1 Å².